The molecule has 0 spiro atoms. The van der Waals surface area contributed by atoms with E-state index in [0.29, 0.717) is 25.7 Å². The van der Waals surface area contributed by atoms with Gasteiger partial charge in [0.25, 0.3) is 0 Å². The van der Waals surface area contributed by atoms with E-state index >= 15 is 0 Å². The summed E-state index contributed by atoms with van der Waals surface area (Å²) in [4.78, 5) is 14.0. The summed E-state index contributed by atoms with van der Waals surface area (Å²) in [6.45, 7) is 10.5. The lowest BCUT2D eigenvalue weighted by atomic mass is 9.84. The molecule has 0 aromatic heterocycles. The van der Waals surface area contributed by atoms with Crippen LogP contribution in [-0.4, -0.2) is 56.0 Å². The van der Waals surface area contributed by atoms with Gasteiger partial charge in [0.15, 0.2) is 0 Å². The highest BCUT2D eigenvalue weighted by molar-refractivity contribution is 5.68. The van der Waals surface area contributed by atoms with Crippen molar-refractivity contribution < 1.29 is 14.3 Å². The number of hydrogen-bond acceptors (Lipinski definition) is 4. The number of hydrogen-bond donors (Lipinski definition) is 1. The normalized spacial score (nSPS) is 22.0. The molecule has 5 nitrogen and oxygen atoms in total. The smallest absolute Gasteiger partial charge is 0.410 e. The number of carbonyl (C=O) groups is 1. The Morgan fingerprint density at radius 1 is 1.26 bits per heavy atom. The number of ether oxygens (including phenoxy) is 2. The Morgan fingerprint density at radius 3 is 2.61 bits per heavy atom. The van der Waals surface area contributed by atoms with Crippen LogP contribution in [0.25, 0.3) is 0 Å². The van der Waals surface area contributed by atoms with E-state index in [1.807, 2.05) is 20.8 Å². The minimum atomic E-state index is -0.465. The first-order chi connectivity index (χ1) is 10.9. The van der Waals surface area contributed by atoms with Crippen molar-refractivity contribution in [3.63, 3.8) is 0 Å². The van der Waals surface area contributed by atoms with Crippen molar-refractivity contribution in [1.29, 1.82) is 0 Å². The maximum absolute atomic E-state index is 12.3. The lowest BCUT2D eigenvalue weighted by molar-refractivity contribution is 0.0201. The average Bonchev–Trinajstić information content (AvgIpc) is 2.49. The first-order valence-electron chi connectivity index (χ1n) is 9.06. The molecule has 5 heteroatoms. The Hall–Kier alpha value is -0.810. The molecule has 0 aliphatic heterocycles. The van der Waals surface area contributed by atoms with Gasteiger partial charge in [-0.2, -0.15) is 0 Å². The summed E-state index contributed by atoms with van der Waals surface area (Å²) in [6, 6.07) is 0.594. The molecule has 1 N–H and O–H groups in total. The summed E-state index contributed by atoms with van der Waals surface area (Å²) >= 11 is 0. The van der Waals surface area contributed by atoms with E-state index in [1.54, 1.807) is 12.0 Å². The van der Waals surface area contributed by atoms with E-state index < -0.39 is 5.60 Å². The van der Waals surface area contributed by atoms with Crippen molar-refractivity contribution in [1.82, 2.24) is 10.2 Å². The number of carbonyl (C=O) groups excluding carboxylic acids is 1. The van der Waals surface area contributed by atoms with Gasteiger partial charge in [0, 0.05) is 32.8 Å². The van der Waals surface area contributed by atoms with Crippen LogP contribution >= 0.6 is 0 Å². The summed E-state index contributed by atoms with van der Waals surface area (Å²) in [7, 11) is 1.65. The first kappa shape index (κ1) is 20.2. The summed E-state index contributed by atoms with van der Waals surface area (Å²) in [5.74, 6) is 0.858. The maximum Gasteiger partial charge on any atom is 0.410 e. The second-order valence-corrected chi connectivity index (χ2v) is 7.55. The summed E-state index contributed by atoms with van der Waals surface area (Å²) < 4.78 is 10.6. The van der Waals surface area contributed by atoms with Gasteiger partial charge in [0.2, 0.25) is 0 Å². The zero-order chi connectivity index (χ0) is 17.3. The fraction of sp³-hybridized carbons (Fsp3) is 0.944. The number of nitrogens with zero attached hydrogens (tertiary/aromatic N) is 1. The molecule has 0 aromatic rings. The van der Waals surface area contributed by atoms with E-state index in [1.165, 1.54) is 32.1 Å². The number of rotatable bonds is 8. The zero-order valence-electron chi connectivity index (χ0n) is 15.7. The third kappa shape index (κ3) is 8.56. The van der Waals surface area contributed by atoms with Gasteiger partial charge < -0.3 is 19.7 Å². The Balaban J connectivity index is 2.39. The molecule has 0 heterocycles. The average molecular weight is 328 g/mol. The second-order valence-electron chi connectivity index (χ2n) is 7.55. The van der Waals surface area contributed by atoms with Gasteiger partial charge >= 0.3 is 6.09 Å². The van der Waals surface area contributed by atoms with Crippen LogP contribution in [0.1, 0.15) is 59.8 Å². The molecule has 0 radical (unpaired) electrons. The van der Waals surface area contributed by atoms with Crippen molar-refractivity contribution in [2.45, 2.75) is 71.4 Å². The molecule has 0 saturated heterocycles. The van der Waals surface area contributed by atoms with Gasteiger partial charge in [-0.25, -0.2) is 4.79 Å². The number of nitrogens with one attached hydrogen (secondary N) is 1. The molecular weight excluding hydrogens is 292 g/mol. The molecule has 1 amide bonds. The largest absolute Gasteiger partial charge is 0.444 e. The molecule has 0 aromatic carbocycles. The van der Waals surface area contributed by atoms with Crippen molar-refractivity contribution in [2.24, 2.45) is 5.92 Å². The summed E-state index contributed by atoms with van der Waals surface area (Å²) in [6.07, 6.45) is 6.21. The summed E-state index contributed by atoms with van der Waals surface area (Å²) in [5, 5.41) is 3.62. The summed E-state index contributed by atoms with van der Waals surface area (Å²) in [5.41, 5.74) is -0.465. The molecule has 23 heavy (non-hydrogen) atoms. The fourth-order valence-corrected chi connectivity index (χ4v) is 3.07. The molecule has 1 rings (SSSR count). The SMILES string of the molecule is CCC1CCCC(NCCN(CCOC)C(=O)OC(C)(C)C)C1. The predicted octanol–water partition coefficient (Wildman–Crippen LogP) is 3.43. The van der Waals surface area contributed by atoms with Crippen LogP contribution in [0.5, 0.6) is 0 Å². The molecular formula is C18H36N2O3. The molecule has 136 valence electrons. The molecule has 2 unspecified atom stereocenters. The van der Waals surface area contributed by atoms with Gasteiger partial charge in [0.1, 0.15) is 5.60 Å². The lowest BCUT2D eigenvalue weighted by Gasteiger charge is -2.31. The highest BCUT2D eigenvalue weighted by Crippen LogP contribution is 2.26. The third-order valence-electron chi connectivity index (χ3n) is 4.39. The van der Waals surface area contributed by atoms with E-state index in [4.69, 9.17) is 9.47 Å². The molecule has 1 saturated carbocycles. The Kier molecular flexibility index (Phi) is 8.92. The third-order valence-corrected chi connectivity index (χ3v) is 4.39. The minimum absolute atomic E-state index is 0.258. The highest BCUT2D eigenvalue weighted by Gasteiger charge is 2.23. The predicted molar refractivity (Wildman–Crippen MR) is 93.7 cm³/mol. The van der Waals surface area contributed by atoms with E-state index in [9.17, 15) is 4.79 Å². The Morgan fingerprint density at radius 2 is 2.00 bits per heavy atom. The van der Waals surface area contributed by atoms with Crippen molar-refractivity contribution in [3.05, 3.63) is 0 Å². The van der Waals surface area contributed by atoms with E-state index in [2.05, 4.69) is 12.2 Å². The van der Waals surface area contributed by atoms with Crippen LogP contribution in [0.4, 0.5) is 4.79 Å². The molecule has 1 fully saturated rings. The second kappa shape index (κ2) is 10.1. The topological polar surface area (TPSA) is 50.8 Å². The highest BCUT2D eigenvalue weighted by atomic mass is 16.6. The van der Waals surface area contributed by atoms with Crippen LogP contribution in [0, 0.1) is 5.92 Å². The van der Waals surface area contributed by atoms with Crippen LogP contribution in [0.15, 0.2) is 0 Å². The minimum Gasteiger partial charge on any atom is -0.444 e. The lowest BCUT2D eigenvalue weighted by Crippen LogP contribution is -2.44. The van der Waals surface area contributed by atoms with Crippen molar-refractivity contribution >= 4 is 6.09 Å². The van der Waals surface area contributed by atoms with Crippen LogP contribution in [-0.2, 0) is 9.47 Å². The molecule has 0 bridgehead atoms. The number of amides is 1. The van der Waals surface area contributed by atoms with Crippen molar-refractivity contribution in [2.75, 3.05) is 33.4 Å². The fourth-order valence-electron chi connectivity index (χ4n) is 3.07. The first-order valence-corrected chi connectivity index (χ1v) is 9.06. The maximum atomic E-state index is 12.3. The van der Waals surface area contributed by atoms with Crippen LogP contribution in [0.3, 0.4) is 0 Å². The standard InChI is InChI=1S/C18H36N2O3/c1-6-15-8-7-9-16(14-15)19-10-11-20(12-13-22-5)17(21)23-18(2,3)4/h15-16,19H,6-14H2,1-5H3. The monoisotopic (exact) mass is 328 g/mol. The van der Waals surface area contributed by atoms with E-state index in [0.717, 1.165) is 12.5 Å². The van der Waals surface area contributed by atoms with Gasteiger partial charge in [-0.3, -0.25) is 0 Å². The molecule has 2 atom stereocenters. The van der Waals surface area contributed by atoms with Gasteiger partial charge in [-0.1, -0.05) is 26.2 Å². The van der Waals surface area contributed by atoms with E-state index in [-0.39, 0.29) is 6.09 Å². The zero-order valence-corrected chi connectivity index (χ0v) is 15.7. The number of methoxy groups -OCH3 is 1. The van der Waals surface area contributed by atoms with Crippen LogP contribution < -0.4 is 5.32 Å². The van der Waals surface area contributed by atoms with Gasteiger partial charge in [-0.05, 0) is 39.5 Å². The molecule has 1 aliphatic rings. The quantitative estimate of drug-likeness (QED) is 0.742. The van der Waals surface area contributed by atoms with Crippen molar-refractivity contribution in [3.8, 4) is 0 Å². The Labute approximate surface area is 142 Å². The van der Waals surface area contributed by atoms with Gasteiger partial charge in [-0.15, -0.1) is 0 Å². The Bertz CT molecular complexity index is 342. The van der Waals surface area contributed by atoms with Crippen LogP contribution in [0.2, 0.25) is 0 Å². The molecule has 1 aliphatic carbocycles. The van der Waals surface area contributed by atoms with Gasteiger partial charge in [0.05, 0.1) is 6.61 Å².